The minimum Gasteiger partial charge on any atom is -0.497 e. The van der Waals surface area contributed by atoms with Gasteiger partial charge < -0.3 is 43.6 Å². The van der Waals surface area contributed by atoms with E-state index in [4.69, 9.17) is 28.4 Å². The molecule has 12 nitrogen and oxygen atoms in total. The van der Waals surface area contributed by atoms with Crippen LogP contribution in [0.1, 0.15) is 49.4 Å². The average molecular weight is 655 g/mol. The lowest BCUT2D eigenvalue weighted by Gasteiger charge is -2.28. The predicted molar refractivity (Wildman–Crippen MR) is 172 cm³/mol. The minimum absolute atomic E-state index is 0.00891. The Morgan fingerprint density at radius 1 is 1.04 bits per heavy atom. The first-order chi connectivity index (χ1) is 22.0. The van der Waals surface area contributed by atoms with Crippen molar-refractivity contribution in [2.75, 3.05) is 27.3 Å². The second kappa shape index (κ2) is 15.7. The molecule has 0 saturated heterocycles. The van der Waals surface area contributed by atoms with Crippen LogP contribution in [0, 0.1) is 0 Å². The number of aliphatic carboxylic acids is 2. The molecule has 1 unspecified atom stereocenters. The molecule has 46 heavy (non-hydrogen) atoms. The fraction of sp³-hybridized carbons (Fsp3) is 0.424. The van der Waals surface area contributed by atoms with E-state index in [0.29, 0.717) is 34.1 Å². The number of nitrogens with zero attached hydrogens (tertiary/aromatic N) is 1. The highest BCUT2D eigenvalue weighted by Gasteiger charge is 2.28. The molecular weight excluding hydrogens is 612 g/mol. The largest absolute Gasteiger partial charge is 0.497 e. The monoisotopic (exact) mass is 654 g/mol. The number of ether oxygens (including phenoxy) is 6. The molecule has 248 valence electrons. The number of hydrogen-bond acceptors (Lipinski definition) is 9. The van der Waals surface area contributed by atoms with Crippen molar-refractivity contribution >= 4 is 25.6 Å². The van der Waals surface area contributed by atoms with Crippen LogP contribution in [0.15, 0.2) is 48.2 Å². The van der Waals surface area contributed by atoms with E-state index in [1.54, 1.807) is 30.3 Å². The third-order valence-electron chi connectivity index (χ3n) is 7.51. The van der Waals surface area contributed by atoms with Crippen molar-refractivity contribution in [1.29, 1.82) is 0 Å². The van der Waals surface area contributed by atoms with Gasteiger partial charge in [0.2, 0.25) is 6.79 Å². The van der Waals surface area contributed by atoms with Crippen molar-refractivity contribution < 1.29 is 48.2 Å². The van der Waals surface area contributed by atoms with Gasteiger partial charge in [-0.1, -0.05) is 51.9 Å². The van der Waals surface area contributed by atoms with Crippen molar-refractivity contribution in [3.05, 3.63) is 65.0 Å². The molecule has 3 N–H and O–H groups in total. The third kappa shape index (κ3) is 9.04. The summed E-state index contributed by atoms with van der Waals surface area (Å²) in [7, 11) is -0.157. The molecule has 0 bridgehead atoms. The smallest absolute Gasteiger partial charge is 0.341 e. The molecule has 0 radical (unpaired) electrons. The van der Waals surface area contributed by atoms with Gasteiger partial charge in [-0.2, -0.15) is 0 Å². The Kier molecular flexibility index (Phi) is 11.7. The fourth-order valence-corrected chi connectivity index (χ4v) is 6.75. The lowest BCUT2D eigenvalue weighted by Crippen LogP contribution is -2.41. The predicted octanol–water partition coefficient (Wildman–Crippen LogP) is 5.92. The number of aromatic amines is 1. The SMILES string of the molecule is CCCCCC(OCOc1ncc(C(=C(Cc2ccc3c(c2)OCO3)C(=O)O)c2ccc(OC)cc2OCC(=O)O)[nH]1)[Si](C)(C)C. The number of methoxy groups -OCH3 is 1. The summed E-state index contributed by atoms with van der Waals surface area (Å²) in [6.07, 6.45) is 5.77. The zero-order chi connectivity index (χ0) is 33.3. The Morgan fingerprint density at radius 2 is 1.83 bits per heavy atom. The first-order valence-electron chi connectivity index (χ1n) is 15.2. The fourth-order valence-electron chi connectivity index (χ4n) is 5.11. The number of carbonyl (C=O) groups is 2. The van der Waals surface area contributed by atoms with Gasteiger partial charge >= 0.3 is 11.9 Å². The van der Waals surface area contributed by atoms with Gasteiger partial charge in [0.1, 0.15) is 11.5 Å². The van der Waals surface area contributed by atoms with Crippen LogP contribution in [-0.2, 0) is 20.7 Å². The standard InChI is InChI=1S/C33H42N2O10Si/c1-6-7-8-9-30(46(3,4)5)44-20-45-33-34-17-25(35-33)31(23-12-11-22(40-2)16-27(23)41-18-29(36)37)24(32(38)39)14-21-10-13-26-28(15-21)43-19-42-26/h10-13,15-17,30H,6-9,14,18-20H2,1-5H3,(H,34,35)(H,36,37)(H,38,39). The number of carboxylic acid groups (broad SMARTS) is 2. The summed E-state index contributed by atoms with van der Waals surface area (Å²) in [5.41, 5.74) is 1.63. The number of benzene rings is 2. The molecular formula is C33H42N2O10Si. The highest BCUT2D eigenvalue weighted by Crippen LogP contribution is 2.38. The van der Waals surface area contributed by atoms with Crippen molar-refractivity contribution in [3.8, 4) is 29.0 Å². The van der Waals surface area contributed by atoms with Gasteiger partial charge in [0.25, 0.3) is 6.01 Å². The topological polar surface area (TPSA) is 159 Å². The van der Waals surface area contributed by atoms with Crippen molar-refractivity contribution in [2.24, 2.45) is 0 Å². The Balaban J connectivity index is 1.72. The lowest BCUT2D eigenvalue weighted by molar-refractivity contribution is -0.139. The Hall–Kier alpha value is -4.49. The summed E-state index contributed by atoms with van der Waals surface area (Å²) in [5, 5.41) is 19.9. The molecule has 1 aliphatic heterocycles. The maximum absolute atomic E-state index is 12.9. The summed E-state index contributed by atoms with van der Waals surface area (Å²) in [4.78, 5) is 31.8. The van der Waals surface area contributed by atoms with Gasteiger partial charge in [0.15, 0.2) is 24.9 Å². The van der Waals surface area contributed by atoms with Gasteiger partial charge in [-0.15, -0.1) is 0 Å². The Morgan fingerprint density at radius 3 is 2.52 bits per heavy atom. The molecule has 0 saturated carbocycles. The number of imidazole rings is 1. The quantitative estimate of drug-likeness (QED) is 0.0647. The van der Waals surface area contributed by atoms with Crippen molar-refractivity contribution in [2.45, 2.75) is 64.4 Å². The summed E-state index contributed by atoms with van der Waals surface area (Å²) in [6, 6.07) is 10.1. The molecule has 3 aromatic rings. The Bertz CT molecular complexity index is 1550. The number of nitrogens with one attached hydrogen (secondary N) is 1. The zero-order valence-corrected chi connectivity index (χ0v) is 27.9. The first-order valence-corrected chi connectivity index (χ1v) is 18.8. The van der Waals surface area contributed by atoms with Crippen LogP contribution in [0.2, 0.25) is 19.6 Å². The maximum atomic E-state index is 12.9. The summed E-state index contributed by atoms with van der Waals surface area (Å²) in [5.74, 6) is -0.782. The molecule has 4 rings (SSSR count). The number of rotatable bonds is 18. The Labute approximate surface area is 269 Å². The molecule has 1 aliphatic rings. The zero-order valence-electron chi connectivity index (χ0n) is 26.9. The highest BCUT2D eigenvalue weighted by atomic mass is 28.3. The van der Waals surface area contributed by atoms with E-state index in [9.17, 15) is 19.8 Å². The highest BCUT2D eigenvalue weighted by molar-refractivity contribution is 6.77. The number of fused-ring (bicyclic) bond motifs is 1. The summed E-state index contributed by atoms with van der Waals surface area (Å²) < 4.78 is 33.9. The number of carboxylic acids is 2. The molecule has 1 atom stereocenters. The maximum Gasteiger partial charge on any atom is 0.341 e. The second-order valence-corrected chi connectivity index (χ2v) is 17.3. The van der Waals surface area contributed by atoms with E-state index in [1.807, 2.05) is 0 Å². The third-order valence-corrected chi connectivity index (χ3v) is 9.90. The molecule has 13 heteroatoms. The molecule has 0 fully saturated rings. The van der Waals surface area contributed by atoms with E-state index in [2.05, 4.69) is 36.5 Å². The molecule has 1 aromatic heterocycles. The van der Waals surface area contributed by atoms with E-state index < -0.39 is 26.6 Å². The van der Waals surface area contributed by atoms with Crippen LogP contribution in [-0.4, -0.2) is 73.2 Å². The lowest BCUT2D eigenvalue weighted by atomic mass is 9.92. The molecule has 0 aliphatic carbocycles. The summed E-state index contributed by atoms with van der Waals surface area (Å²) >= 11 is 0. The molecule has 2 aromatic carbocycles. The van der Waals surface area contributed by atoms with Gasteiger partial charge in [-0.05, 0) is 36.2 Å². The van der Waals surface area contributed by atoms with Gasteiger partial charge in [-0.3, -0.25) is 0 Å². The molecule has 0 spiro atoms. The number of H-pyrrole nitrogens is 1. The van der Waals surface area contributed by atoms with Crippen LogP contribution < -0.4 is 23.7 Å². The van der Waals surface area contributed by atoms with Crippen LogP contribution >= 0.6 is 0 Å². The van der Waals surface area contributed by atoms with Crippen LogP contribution in [0.3, 0.4) is 0 Å². The van der Waals surface area contributed by atoms with E-state index in [1.165, 1.54) is 19.4 Å². The van der Waals surface area contributed by atoms with E-state index in [-0.39, 0.29) is 48.6 Å². The molecule has 0 amide bonds. The van der Waals surface area contributed by atoms with Gasteiger partial charge in [0.05, 0.1) is 38.4 Å². The summed E-state index contributed by atoms with van der Waals surface area (Å²) in [6.45, 7) is 8.37. The van der Waals surface area contributed by atoms with Crippen molar-refractivity contribution in [1.82, 2.24) is 9.97 Å². The number of unbranched alkanes of at least 4 members (excludes halogenated alkanes) is 2. The number of aromatic nitrogens is 2. The van der Waals surface area contributed by atoms with Crippen LogP contribution in [0.4, 0.5) is 0 Å². The first kappa shape index (κ1) is 34.4. The van der Waals surface area contributed by atoms with Crippen LogP contribution in [0.5, 0.6) is 29.0 Å². The van der Waals surface area contributed by atoms with Crippen molar-refractivity contribution in [3.63, 3.8) is 0 Å². The van der Waals surface area contributed by atoms with Crippen LogP contribution in [0.25, 0.3) is 5.57 Å². The average Bonchev–Trinajstić information content (AvgIpc) is 3.68. The minimum atomic E-state index is -1.62. The van der Waals surface area contributed by atoms with Gasteiger partial charge in [0, 0.05) is 23.6 Å². The second-order valence-electron chi connectivity index (χ2n) is 11.9. The molecule has 2 heterocycles. The van der Waals surface area contributed by atoms with Gasteiger partial charge in [-0.25, -0.2) is 14.6 Å². The number of hydrogen-bond donors (Lipinski definition) is 3. The normalized spacial score (nSPS) is 13.6. The van der Waals surface area contributed by atoms with E-state index in [0.717, 1.165) is 25.7 Å². The van der Waals surface area contributed by atoms with E-state index >= 15 is 0 Å².